The first-order valence-corrected chi connectivity index (χ1v) is 8.74. The maximum absolute atomic E-state index is 12.2. The minimum Gasteiger partial charge on any atom is -0.345 e. The Bertz CT molecular complexity index is 970. The molecule has 0 spiro atoms. The van der Waals surface area contributed by atoms with E-state index in [9.17, 15) is 8.42 Å². The van der Waals surface area contributed by atoms with Crippen LogP contribution in [-0.4, -0.2) is 8.42 Å². The number of sulfonamides is 1. The van der Waals surface area contributed by atoms with Crippen molar-refractivity contribution < 1.29 is 8.42 Å². The monoisotopic (exact) mass is 355 g/mol. The standard InChI is InChI=1S/C15H9N5O2S2/c16-8-11(9-17)14(10-18)19-12-3-5-13(6-4-12)24(21,22)20-15-2-1-7-23-15/h1-7,19-20H. The molecule has 1 heterocycles. The molecule has 2 rings (SSSR count). The molecule has 1 aromatic heterocycles. The molecule has 0 aliphatic carbocycles. The van der Waals surface area contributed by atoms with E-state index < -0.39 is 10.0 Å². The number of nitrogens with one attached hydrogen (secondary N) is 2. The third-order valence-corrected chi connectivity index (χ3v) is 5.07. The zero-order valence-corrected chi connectivity index (χ0v) is 13.6. The van der Waals surface area contributed by atoms with Crippen LogP contribution >= 0.6 is 11.3 Å². The second-order valence-corrected chi connectivity index (χ2v) is 6.95. The van der Waals surface area contributed by atoms with Crippen molar-refractivity contribution in [2.75, 3.05) is 10.0 Å². The first-order chi connectivity index (χ1) is 11.5. The topological polar surface area (TPSA) is 130 Å². The summed E-state index contributed by atoms with van der Waals surface area (Å²) in [5.41, 5.74) is -0.175. The van der Waals surface area contributed by atoms with Gasteiger partial charge in [0, 0.05) is 5.69 Å². The molecule has 7 nitrogen and oxygen atoms in total. The molecule has 0 amide bonds. The predicted octanol–water partition coefficient (Wildman–Crippen LogP) is 2.79. The fourth-order valence-corrected chi connectivity index (χ4v) is 3.60. The number of hydrogen-bond donors (Lipinski definition) is 2. The maximum Gasteiger partial charge on any atom is 0.262 e. The normalized spacial score (nSPS) is 9.88. The molecule has 118 valence electrons. The quantitative estimate of drug-likeness (QED) is 0.793. The summed E-state index contributed by atoms with van der Waals surface area (Å²) in [6.45, 7) is 0. The molecule has 1 aromatic carbocycles. The van der Waals surface area contributed by atoms with Crippen LogP contribution in [0, 0.1) is 34.0 Å². The van der Waals surface area contributed by atoms with Crippen molar-refractivity contribution >= 4 is 32.0 Å². The summed E-state index contributed by atoms with van der Waals surface area (Å²) in [6.07, 6.45) is 0. The first-order valence-electron chi connectivity index (χ1n) is 6.38. The van der Waals surface area contributed by atoms with Gasteiger partial charge in [0.05, 0.1) is 4.90 Å². The predicted molar refractivity (Wildman–Crippen MR) is 89.1 cm³/mol. The highest BCUT2D eigenvalue weighted by molar-refractivity contribution is 7.93. The molecule has 0 unspecified atom stereocenters. The van der Waals surface area contributed by atoms with Gasteiger partial charge >= 0.3 is 0 Å². The van der Waals surface area contributed by atoms with Gasteiger partial charge in [0.25, 0.3) is 10.0 Å². The van der Waals surface area contributed by atoms with Gasteiger partial charge in [-0.05, 0) is 41.8 Å². The van der Waals surface area contributed by atoms with Crippen molar-refractivity contribution in [2.24, 2.45) is 0 Å². The van der Waals surface area contributed by atoms with Gasteiger partial charge in [-0.2, -0.15) is 15.8 Å². The Labute approximate surface area is 142 Å². The third kappa shape index (κ3) is 3.90. The van der Waals surface area contributed by atoms with E-state index in [1.54, 1.807) is 35.7 Å². The second kappa shape index (κ2) is 7.30. The molecule has 0 fully saturated rings. The molecule has 2 aromatic rings. The Balaban J connectivity index is 2.23. The van der Waals surface area contributed by atoms with E-state index in [1.807, 2.05) is 0 Å². The number of anilines is 2. The first kappa shape index (κ1) is 17.0. The largest absolute Gasteiger partial charge is 0.345 e. The van der Waals surface area contributed by atoms with Crippen LogP contribution in [0.4, 0.5) is 10.7 Å². The Morgan fingerprint density at radius 2 is 1.67 bits per heavy atom. The van der Waals surface area contributed by atoms with Crippen LogP contribution in [0.15, 0.2) is 57.9 Å². The minimum atomic E-state index is -3.71. The van der Waals surface area contributed by atoms with Crippen LogP contribution in [0.3, 0.4) is 0 Å². The van der Waals surface area contributed by atoms with Gasteiger partial charge in [-0.1, -0.05) is 0 Å². The summed E-state index contributed by atoms with van der Waals surface area (Å²) >= 11 is 1.26. The summed E-state index contributed by atoms with van der Waals surface area (Å²) in [6, 6.07) is 13.9. The molecule has 0 radical (unpaired) electrons. The molecule has 2 N–H and O–H groups in total. The highest BCUT2D eigenvalue weighted by Crippen LogP contribution is 2.22. The lowest BCUT2D eigenvalue weighted by atomic mass is 10.2. The molecular weight excluding hydrogens is 346 g/mol. The average molecular weight is 355 g/mol. The number of hydrogen-bond acceptors (Lipinski definition) is 7. The minimum absolute atomic E-state index is 0.0460. The number of rotatable bonds is 5. The summed E-state index contributed by atoms with van der Waals surface area (Å²) in [5.74, 6) is 0. The molecule has 9 heteroatoms. The van der Waals surface area contributed by atoms with E-state index in [4.69, 9.17) is 15.8 Å². The molecule has 0 aliphatic rings. The zero-order valence-electron chi connectivity index (χ0n) is 12.0. The summed E-state index contributed by atoms with van der Waals surface area (Å²) in [5, 5.41) is 31.4. The van der Waals surface area contributed by atoms with Gasteiger partial charge in [0.15, 0.2) is 5.57 Å². The highest BCUT2D eigenvalue weighted by Gasteiger charge is 2.15. The lowest BCUT2D eigenvalue weighted by Gasteiger charge is -2.08. The Morgan fingerprint density at radius 3 is 2.17 bits per heavy atom. The van der Waals surface area contributed by atoms with Crippen molar-refractivity contribution in [3.8, 4) is 18.2 Å². The summed E-state index contributed by atoms with van der Waals surface area (Å²) < 4.78 is 26.9. The van der Waals surface area contributed by atoms with Gasteiger partial charge in [-0.15, -0.1) is 11.3 Å². The van der Waals surface area contributed by atoms with E-state index in [0.29, 0.717) is 10.7 Å². The number of thiophene rings is 1. The molecular formula is C15H9N5O2S2. The number of nitrogens with zero attached hydrogens (tertiary/aromatic N) is 3. The van der Waals surface area contributed by atoms with Crippen LogP contribution in [0.2, 0.25) is 0 Å². The van der Waals surface area contributed by atoms with Crippen molar-refractivity contribution in [3.05, 3.63) is 53.0 Å². The molecule has 0 aliphatic heterocycles. The second-order valence-electron chi connectivity index (χ2n) is 4.32. The molecule has 0 bridgehead atoms. The molecule has 0 saturated heterocycles. The van der Waals surface area contributed by atoms with Gasteiger partial charge in [-0.25, -0.2) is 8.42 Å². The number of allylic oxidation sites excluding steroid dienone is 2. The van der Waals surface area contributed by atoms with E-state index in [2.05, 4.69) is 10.0 Å². The van der Waals surface area contributed by atoms with Gasteiger partial charge in [0.2, 0.25) is 0 Å². The van der Waals surface area contributed by atoms with Crippen molar-refractivity contribution in [2.45, 2.75) is 4.90 Å². The zero-order chi connectivity index (χ0) is 17.6. The van der Waals surface area contributed by atoms with Crippen molar-refractivity contribution in [1.29, 1.82) is 15.8 Å². The molecule has 0 saturated carbocycles. The Kier molecular flexibility index (Phi) is 5.18. The van der Waals surface area contributed by atoms with Crippen LogP contribution in [0.1, 0.15) is 0 Å². The number of nitriles is 3. The SMILES string of the molecule is N#CC(C#N)=C(C#N)Nc1ccc(S(=O)(=O)Nc2cccs2)cc1. The van der Waals surface area contributed by atoms with Gasteiger partial charge < -0.3 is 5.32 Å². The van der Waals surface area contributed by atoms with Crippen LogP contribution < -0.4 is 10.0 Å². The lowest BCUT2D eigenvalue weighted by Crippen LogP contribution is -2.12. The third-order valence-electron chi connectivity index (χ3n) is 2.78. The van der Waals surface area contributed by atoms with Gasteiger partial charge in [-0.3, -0.25) is 4.72 Å². The van der Waals surface area contributed by atoms with Crippen LogP contribution in [-0.2, 0) is 10.0 Å². The van der Waals surface area contributed by atoms with E-state index >= 15 is 0 Å². The maximum atomic E-state index is 12.2. The lowest BCUT2D eigenvalue weighted by molar-refractivity contribution is 0.601. The van der Waals surface area contributed by atoms with E-state index in [-0.39, 0.29) is 16.2 Å². The fourth-order valence-electron chi connectivity index (χ4n) is 1.67. The van der Waals surface area contributed by atoms with Crippen LogP contribution in [0.5, 0.6) is 0 Å². The van der Waals surface area contributed by atoms with E-state index in [1.165, 1.54) is 35.6 Å². The van der Waals surface area contributed by atoms with Crippen molar-refractivity contribution in [1.82, 2.24) is 0 Å². The summed E-state index contributed by atoms with van der Waals surface area (Å²) in [7, 11) is -3.71. The van der Waals surface area contributed by atoms with Crippen LogP contribution in [0.25, 0.3) is 0 Å². The Morgan fingerprint density at radius 1 is 1.00 bits per heavy atom. The van der Waals surface area contributed by atoms with E-state index in [0.717, 1.165) is 0 Å². The van der Waals surface area contributed by atoms with Gasteiger partial charge in [0.1, 0.15) is 28.9 Å². The Hall–Kier alpha value is -3.32. The highest BCUT2D eigenvalue weighted by atomic mass is 32.2. The summed E-state index contributed by atoms with van der Waals surface area (Å²) in [4.78, 5) is 0.0460. The fraction of sp³-hybridized carbons (Fsp3) is 0. The average Bonchev–Trinajstić information content (AvgIpc) is 3.07. The smallest absolute Gasteiger partial charge is 0.262 e. The molecule has 0 atom stereocenters. The number of benzene rings is 1. The molecule has 24 heavy (non-hydrogen) atoms. The van der Waals surface area contributed by atoms with Crippen molar-refractivity contribution in [3.63, 3.8) is 0 Å².